The zero-order valence-corrected chi connectivity index (χ0v) is 11.3. The minimum Gasteiger partial charge on any atom is -0.481 e. The van der Waals surface area contributed by atoms with Gasteiger partial charge in [0, 0.05) is 24.9 Å². The van der Waals surface area contributed by atoms with Crippen LogP contribution in [-0.2, 0) is 19.6 Å². The van der Waals surface area contributed by atoms with Crippen molar-refractivity contribution in [3.63, 3.8) is 0 Å². The van der Waals surface area contributed by atoms with Crippen molar-refractivity contribution < 1.29 is 23.1 Å². The number of hydrogen-bond acceptors (Lipinski definition) is 4. The van der Waals surface area contributed by atoms with E-state index in [1.165, 1.54) is 0 Å². The fourth-order valence-electron chi connectivity index (χ4n) is 2.76. The largest absolute Gasteiger partial charge is 0.481 e. The second-order valence-electron chi connectivity index (χ2n) is 5.45. The lowest BCUT2D eigenvalue weighted by molar-refractivity contribution is -0.140. The third-order valence-electron chi connectivity index (χ3n) is 3.66. The van der Waals surface area contributed by atoms with Crippen molar-refractivity contribution in [2.45, 2.75) is 31.7 Å². The molecule has 3 N–H and O–H groups in total. The highest BCUT2D eigenvalue weighted by molar-refractivity contribution is 7.89. The summed E-state index contributed by atoms with van der Waals surface area (Å²) in [5, 5.41) is 13.9. The molecule has 1 aliphatic heterocycles. The van der Waals surface area contributed by atoms with E-state index < -0.39 is 16.0 Å². The molecule has 1 heterocycles. The van der Waals surface area contributed by atoms with E-state index in [1.807, 2.05) is 0 Å². The second-order valence-corrected chi connectivity index (χ2v) is 7.11. The van der Waals surface area contributed by atoms with E-state index in [0.717, 1.165) is 12.8 Å². The molecular weight excluding hydrogens is 272 g/mol. The molecule has 2 rings (SSSR count). The molecule has 7 nitrogen and oxygen atoms in total. The summed E-state index contributed by atoms with van der Waals surface area (Å²) in [7, 11) is -3.60. The molecule has 1 saturated heterocycles. The van der Waals surface area contributed by atoms with Gasteiger partial charge in [0.2, 0.25) is 15.9 Å². The Morgan fingerprint density at radius 3 is 2.58 bits per heavy atom. The van der Waals surface area contributed by atoms with Gasteiger partial charge in [-0.1, -0.05) is 0 Å². The van der Waals surface area contributed by atoms with Crippen molar-refractivity contribution in [2.75, 3.05) is 12.3 Å². The van der Waals surface area contributed by atoms with Crippen LogP contribution in [0.5, 0.6) is 0 Å². The van der Waals surface area contributed by atoms with E-state index in [4.69, 9.17) is 10.2 Å². The molecule has 1 aliphatic carbocycles. The van der Waals surface area contributed by atoms with Gasteiger partial charge < -0.3 is 10.0 Å². The van der Waals surface area contributed by atoms with Gasteiger partial charge in [0.1, 0.15) is 0 Å². The standard InChI is InChI=1S/C11H18N2O5S/c12-19(17,18)6-7-3-10(14)13(5-7)9(4-11(15)16)8-1-2-8/h7-9H,1-6H2,(H,15,16)(H2,12,17,18). The summed E-state index contributed by atoms with van der Waals surface area (Å²) in [4.78, 5) is 24.3. The first-order valence-corrected chi connectivity index (χ1v) is 7.99. The molecule has 2 atom stereocenters. The van der Waals surface area contributed by atoms with Crippen molar-refractivity contribution in [3.05, 3.63) is 0 Å². The SMILES string of the molecule is NS(=O)(=O)CC1CC(=O)N(C(CC(=O)O)C2CC2)C1. The highest BCUT2D eigenvalue weighted by Gasteiger charge is 2.43. The minimum atomic E-state index is -3.60. The van der Waals surface area contributed by atoms with Gasteiger partial charge in [0.25, 0.3) is 0 Å². The first-order chi connectivity index (χ1) is 8.76. The van der Waals surface area contributed by atoms with E-state index in [-0.39, 0.29) is 42.4 Å². The molecule has 0 spiro atoms. The van der Waals surface area contributed by atoms with Crippen LogP contribution in [0.25, 0.3) is 0 Å². The molecule has 1 amide bonds. The first kappa shape index (κ1) is 14.3. The third-order valence-corrected chi connectivity index (χ3v) is 4.59. The highest BCUT2D eigenvalue weighted by Crippen LogP contribution is 2.39. The van der Waals surface area contributed by atoms with Crippen molar-refractivity contribution in [1.29, 1.82) is 0 Å². The summed E-state index contributed by atoms with van der Waals surface area (Å²) in [5.41, 5.74) is 0. The summed E-state index contributed by atoms with van der Waals surface area (Å²) >= 11 is 0. The molecule has 0 aromatic heterocycles. The summed E-state index contributed by atoms with van der Waals surface area (Å²) in [6.07, 6.45) is 1.93. The van der Waals surface area contributed by atoms with E-state index in [9.17, 15) is 18.0 Å². The lowest BCUT2D eigenvalue weighted by Crippen LogP contribution is -2.40. The number of amides is 1. The Hall–Kier alpha value is -1.15. The van der Waals surface area contributed by atoms with Gasteiger partial charge in [-0.25, -0.2) is 13.6 Å². The molecule has 8 heteroatoms. The quantitative estimate of drug-likeness (QED) is 0.675. The van der Waals surface area contributed by atoms with Gasteiger partial charge in [0.05, 0.1) is 12.2 Å². The van der Waals surface area contributed by atoms with Gasteiger partial charge in [-0.05, 0) is 18.8 Å². The molecule has 2 fully saturated rings. The maximum Gasteiger partial charge on any atom is 0.305 e. The average molecular weight is 290 g/mol. The van der Waals surface area contributed by atoms with Crippen LogP contribution in [0.3, 0.4) is 0 Å². The minimum absolute atomic E-state index is 0.0709. The lowest BCUT2D eigenvalue weighted by atomic mass is 10.1. The van der Waals surface area contributed by atoms with Crippen LogP contribution >= 0.6 is 0 Å². The van der Waals surface area contributed by atoms with Crippen LogP contribution in [-0.4, -0.2) is 48.6 Å². The molecule has 0 bridgehead atoms. The number of carbonyl (C=O) groups is 2. The van der Waals surface area contributed by atoms with Crippen molar-refractivity contribution in [3.8, 4) is 0 Å². The van der Waals surface area contributed by atoms with Gasteiger partial charge >= 0.3 is 5.97 Å². The number of aliphatic carboxylic acids is 1. The number of hydrogen-bond donors (Lipinski definition) is 2. The lowest BCUT2D eigenvalue weighted by Gasteiger charge is -2.27. The molecule has 0 radical (unpaired) electrons. The van der Waals surface area contributed by atoms with Gasteiger partial charge in [-0.3, -0.25) is 9.59 Å². The second kappa shape index (κ2) is 5.09. The van der Waals surface area contributed by atoms with Crippen LogP contribution in [0.15, 0.2) is 0 Å². The number of carbonyl (C=O) groups excluding carboxylic acids is 1. The summed E-state index contributed by atoms with van der Waals surface area (Å²) < 4.78 is 22.1. The molecule has 19 heavy (non-hydrogen) atoms. The number of carboxylic acid groups (broad SMARTS) is 1. The van der Waals surface area contributed by atoms with Gasteiger partial charge in [-0.2, -0.15) is 0 Å². The Morgan fingerprint density at radius 1 is 1.47 bits per heavy atom. The Kier molecular flexibility index (Phi) is 3.82. The molecule has 1 saturated carbocycles. The Morgan fingerprint density at radius 2 is 2.11 bits per heavy atom. The predicted octanol–water partition coefficient (Wildman–Crippen LogP) is -0.623. The van der Waals surface area contributed by atoms with Gasteiger partial charge in [-0.15, -0.1) is 0 Å². The molecule has 2 aliphatic rings. The van der Waals surface area contributed by atoms with Crippen LogP contribution in [0.4, 0.5) is 0 Å². The number of nitrogens with zero attached hydrogens (tertiary/aromatic N) is 1. The zero-order chi connectivity index (χ0) is 14.2. The molecular formula is C11H18N2O5S. The fourth-order valence-corrected chi connectivity index (χ4v) is 3.64. The molecule has 2 unspecified atom stereocenters. The molecule has 108 valence electrons. The monoisotopic (exact) mass is 290 g/mol. The van der Waals surface area contributed by atoms with E-state index in [1.54, 1.807) is 4.90 Å². The molecule has 0 aromatic rings. The van der Waals surface area contributed by atoms with Crippen LogP contribution in [0.1, 0.15) is 25.7 Å². The van der Waals surface area contributed by atoms with Crippen LogP contribution < -0.4 is 5.14 Å². The number of likely N-dealkylation sites (tertiary alicyclic amines) is 1. The van der Waals surface area contributed by atoms with Crippen LogP contribution in [0.2, 0.25) is 0 Å². The third kappa shape index (κ3) is 3.90. The van der Waals surface area contributed by atoms with Crippen LogP contribution in [0, 0.1) is 11.8 Å². The Labute approximate surface area is 111 Å². The highest BCUT2D eigenvalue weighted by atomic mass is 32.2. The number of sulfonamides is 1. The summed E-state index contributed by atoms with van der Waals surface area (Å²) in [5.74, 6) is -1.39. The Bertz CT molecular complexity index is 485. The summed E-state index contributed by atoms with van der Waals surface area (Å²) in [6.45, 7) is 0.295. The smallest absolute Gasteiger partial charge is 0.305 e. The van der Waals surface area contributed by atoms with Gasteiger partial charge in [0.15, 0.2) is 0 Å². The first-order valence-electron chi connectivity index (χ1n) is 6.28. The average Bonchev–Trinajstić information content (AvgIpc) is 2.98. The maximum atomic E-state index is 11.9. The van der Waals surface area contributed by atoms with Crippen molar-refractivity contribution in [1.82, 2.24) is 4.90 Å². The summed E-state index contributed by atoms with van der Waals surface area (Å²) in [6, 6.07) is -0.296. The van der Waals surface area contributed by atoms with E-state index in [2.05, 4.69) is 0 Å². The van der Waals surface area contributed by atoms with Crippen molar-refractivity contribution >= 4 is 21.9 Å². The van der Waals surface area contributed by atoms with E-state index >= 15 is 0 Å². The van der Waals surface area contributed by atoms with E-state index in [0.29, 0.717) is 6.54 Å². The zero-order valence-electron chi connectivity index (χ0n) is 10.5. The molecule has 0 aromatic carbocycles. The predicted molar refractivity (Wildman–Crippen MR) is 66.6 cm³/mol. The number of carboxylic acids is 1. The topological polar surface area (TPSA) is 118 Å². The fraction of sp³-hybridized carbons (Fsp3) is 0.818. The Balaban J connectivity index is 2.03. The number of rotatable bonds is 6. The maximum absolute atomic E-state index is 11.9. The number of primary sulfonamides is 1. The number of nitrogens with two attached hydrogens (primary N) is 1. The van der Waals surface area contributed by atoms with Crippen molar-refractivity contribution in [2.24, 2.45) is 17.0 Å². The normalized spacial score (nSPS) is 25.6.